The molecule has 0 saturated heterocycles. The van der Waals surface area contributed by atoms with E-state index in [1.807, 2.05) is 13.0 Å². The van der Waals surface area contributed by atoms with Crippen molar-refractivity contribution in [1.29, 1.82) is 5.26 Å². The normalized spacial score (nSPS) is 13.4. The zero-order chi connectivity index (χ0) is 16.2. The van der Waals surface area contributed by atoms with Crippen LogP contribution in [0.25, 0.3) is 0 Å². The third-order valence-electron chi connectivity index (χ3n) is 3.53. The molecule has 2 heterocycles. The second-order valence-electron chi connectivity index (χ2n) is 5.61. The summed E-state index contributed by atoms with van der Waals surface area (Å²) < 4.78 is 1.63. The van der Waals surface area contributed by atoms with Gasteiger partial charge in [0.1, 0.15) is 11.6 Å². The molecule has 3 rings (SSSR count). The second-order valence-corrected chi connectivity index (χ2v) is 5.61. The van der Waals surface area contributed by atoms with Crippen LogP contribution in [0.3, 0.4) is 0 Å². The van der Waals surface area contributed by atoms with Crippen LogP contribution in [-0.4, -0.2) is 26.7 Å². The first kappa shape index (κ1) is 15.0. The predicted molar refractivity (Wildman–Crippen MR) is 86.0 cm³/mol. The number of pyridine rings is 1. The minimum atomic E-state index is -0.242. The first-order valence-corrected chi connectivity index (χ1v) is 7.61. The number of aryl methyl sites for hydroxylation is 2. The summed E-state index contributed by atoms with van der Waals surface area (Å²) in [5, 5.41) is 19.1. The Balaban J connectivity index is 1.67. The molecule has 1 amide bonds. The Morgan fingerprint density at radius 2 is 2.30 bits per heavy atom. The average Bonchev–Trinajstić information content (AvgIpc) is 3.28. The zero-order valence-electron chi connectivity index (χ0n) is 12.9. The monoisotopic (exact) mass is 310 g/mol. The van der Waals surface area contributed by atoms with Gasteiger partial charge in [0.15, 0.2) is 0 Å². The van der Waals surface area contributed by atoms with Gasteiger partial charge in [-0.3, -0.25) is 4.79 Å². The summed E-state index contributed by atoms with van der Waals surface area (Å²) in [5.41, 5.74) is 1.28. The van der Waals surface area contributed by atoms with Gasteiger partial charge in [0.05, 0.1) is 30.3 Å². The second kappa shape index (κ2) is 6.48. The van der Waals surface area contributed by atoms with Crippen molar-refractivity contribution in [1.82, 2.24) is 14.8 Å². The third kappa shape index (κ3) is 3.86. The zero-order valence-corrected chi connectivity index (χ0v) is 12.9. The molecule has 0 radical (unpaired) electrons. The van der Waals surface area contributed by atoms with Gasteiger partial charge in [-0.2, -0.15) is 10.4 Å². The fourth-order valence-electron chi connectivity index (χ4n) is 2.21. The minimum Gasteiger partial charge on any atom is -0.367 e. The third-order valence-corrected chi connectivity index (χ3v) is 3.53. The maximum absolute atomic E-state index is 12.3. The van der Waals surface area contributed by atoms with E-state index in [9.17, 15) is 4.79 Å². The van der Waals surface area contributed by atoms with Gasteiger partial charge in [0, 0.05) is 18.3 Å². The lowest BCUT2D eigenvalue weighted by molar-refractivity contribution is 0.102. The average molecular weight is 310 g/mol. The highest BCUT2D eigenvalue weighted by molar-refractivity contribution is 6.03. The van der Waals surface area contributed by atoms with E-state index in [0.29, 0.717) is 30.4 Å². The molecule has 0 bridgehead atoms. The van der Waals surface area contributed by atoms with Crippen LogP contribution in [0.1, 0.15) is 35.3 Å². The number of hydrogen-bond acceptors (Lipinski definition) is 5. The number of hydrogen-bond donors (Lipinski definition) is 2. The number of nitriles is 1. The summed E-state index contributed by atoms with van der Waals surface area (Å²) >= 11 is 0. The number of amides is 1. The first-order valence-electron chi connectivity index (χ1n) is 7.61. The van der Waals surface area contributed by atoms with Crippen molar-refractivity contribution >= 4 is 17.5 Å². The van der Waals surface area contributed by atoms with Crippen LogP contribution in [0, 0.1) is 18.3 Å². The van der Waals surface area contributed by atoms with Crippen molar-refractivity contribution in [3.8, 4) is 6.07 Å². The number of nitrogens with zero attached hydrogens (tertiary/aromatic N) is 4. The molecule has 1 saturated carbocycles. The van der Waals surface area contributed by atoms with Gasteiger partial charge >= 0.3 is 0 Å². The molecule has 0 aromatic carbocycles. The van der Waals surface area contributed by atoms with E-state index >= 15 is 0 Å². The van der Waals surface area contributed by atoms with Gasteiger partial charge in [-0.05, 0) is 31.9 Å². The number of nitrogens with one attached hydrogen (secondary N) is 2. The van der Waals surface area contributed by atoms with E-state index in [1.54, 1.807) is 23.0 Å². The van der Waals surface area contributed by atoms with Gasteiger partial charge in [0.25, 0.3) is 5.91 Å². The Bertz CT molecular complexity index is 739. The van der Waals surface area contributed by atoms with Crippen molar-refractivity contribution in [2.75, 3.05) is 10.6 Å². The van der Waals surface area contributed by atoms with Gasteiger partial charge in [-0.25, -0.2) is 9.67 Å². The maximum atomic E-state index is 12.3. The molecule has 0 atom stereocenters. The Hall–Kier alpha value is -2.88. The van der Waals surface area contributed by atoms with Crippen LogP contribution in [0.15, 0.2) is 24.4 Å². The van der Waals surface area contributed by atoms with Crippen molar-refractivity contribution in [2.45, 2.75) is 38.8 Å². The molecule has 118 valence electrons. The van der Waals surface area contributed by atoms with Crippen LogP contribution in [0.4, 0.5) is 11.6 Å². The first-order chi connectivity index (χ1) is 11.2. The molecule has 0 spiro atoms. The van der Waals surface area contributed by atoms with Gasteiger partial charge in [-0.1, -0.05) is 0 Å². The topological polar surface area (TPSA) is 95.6 Å². The van der Waals surface area contributed by atoms with Crippen molar-refractivity contribution in [2.24, 2.45) is 0 Å². The lowest BCUT2D eigenvalue weighted by Gasteiger charge is -2.08. The number of rotatable bonds is 6. The highest BCUT2D eigenvalue weighted by atomic mass is 16.1. The molecule has 2 N–H and O–H groups in total. The van der Waals surface area contributed by atoms with Crippen molar-refractivity contribution in [3.63, 3.8) is 0 Å². The quantitative estimate of drug-likeness (QED) is 0.853. The molecule has 7 nitrogen and oxygen atoms in total. The molecule has 2 aromatic rings. The van der Waals surface area contributed by atoms with Gasteiger partial charge < -0.3 is 10.6 Å². The Labute approximate surface area is 134 Å². The van der Waals surface area contributed by atoms with Crippen LogP contribution < -0.4 is 10.6 Å². The largest absolute Gasteiger partial charge is 0.367 e. The molecule has 0 aliphatic heterocycles. The molecule has 1 fully saturated rings. The van der Waals surface area contributed by atoms with Crippen molar-refractivity contribution < 1.29 is 4.79 Å². The molecule has 1 aliphatic rings. The molecule has 1 aliphatic carbocycles. The van der Waals surface area contributed by atoms with Gasteiger partial charge in [-0.15, -0.1) is 0 Å². The number of aromatic nitrogens is 3. The fourth-order valence-corrected chi connectivity index (χ4v) is 2.21. The number of anilines is 2. The summed E-state index contributed by atoms with van der Waals surface area (Å²) in [7, 11) is 0. The summed E-state index contributed by atoms with van der Waals surface area (Å²) in [6.45, 7) is 2.29. The summed E-state index contributed by atoms with van der Waals surface area (Å²) in [6, 6.07) is 7.94. The van der Waals surface area contributed by atoms with E-state index in [4.69, 9.17) is 5.26 Å². The smallest absolute Gasteiger partial charge is 0.258 e. The number of carbonyl (C=O) groups is 1. The molecular weight excluding hydrogens is 292 g/mol. The Morgan fingerprint density at radius 1 is 1.48 bits per heavy atom. The highest BCUT2D eigenvalue weighted by Crippen LogP contribution is 2.23. The van der Waals surface area contributed by atoms with Crippen LogP contribution >= 0.6 is 0 Å². The van der Waals surface area contributed by atoms with E-state index in [0.717, 1.165) is 11.5 Å². The molecule has 0 unspecified atom stereocenters. The van der Waals surface area contributed by atoms with Crippen molar-refractivity contribution in [3.05, 3.63) is 35.7 Å². The summed E-state index contributed by atoms with van der Waals surface area (Å²) in [5.74, 6) is 1.13. The van der Waals surface area contributed by atoms with E-state index in [-0.39, 0.29) is 5.91 Å². The molecule has 2 aromatic heterocycles. The predicted octanol–water partition coefficient (Wildman–Crippen LogP) is 2.33. The van der Waals surface area contributed by atoms with Gasteiger partial charge in [0.2, 0.25) is 0 Å². The minimum absolute atomic E-state index is 0.242. The maximum Gasteiger partial charge on any atom is 0.258 e. The van der Waals surface area contributed by atoms with E-state index < -0.39 is 0 Å². The van der Waals surface area contributed by atoms with E-state index in [1.165, 1.54) is 12.8 Å². The summed E-state index contributed by atoms with van der Waals surface area (Å²) in [4.78, 5) is 16.6. The molecule has 7 heteroatoms. The van der Waals surface area contributed by atoms with Crippen LogP contribution in [-0.2, 0) is 6.54 Å². The van der Waals surface area contributed by atoms with Crippen LogP contribution in [0.2, 0.25) is 0 Å². The fraction of sp³-hybridized carbons (Fsp3) is 0.375. The highest BCUT2D eigenvalue weighted by Gasteiger charge is 2.21. The molecule has 23 heavy (non-hydrogen) atoms. The van der Waals surface area contributed by atoms with Crippen LogP contribution in [0.5, 0.6) is 0 Å². The summed E-state index contributed by atoms with van der Waals surface area (Å²) in [6.07, 6.45) is 4.25. The SMILES string of the molecule is Cc1cc(NC(=O)c2ccc(NC3CC3)nc2)n(CCC#N)n1. The lowest BCUT2D eigenvalue weighted by atomic mass is 10.2. The molecular formula is C16H18N6O. The lowest BCUT2D eigenvalue weighted by Crippen LogP contribution is -2.16. The Morgan fingerprint density at radius 3 is 2.96 bits per heavy atom. The number of carbonyl (C=O) groups excluding carboxylic acids is 1. The Kier molecular flexibility index (Phi) is 4.24. The standard InChI is InChI=1S/C16H18N6O/c1-11-9-15(22(21-11)8-2-7-17)20-16(23)12-3-6-14(18-10-12)19-13-4-5-13/h3,6,9-10,13H,2,4-5,8H2,1H3,(H,18,19)(H,20,23). The van der Waals surface area contributed by atoms with E-state index in [2.05, 4.69) is 26.8 Å².